The molecule has 38 heavy (non-hydrogen) atoms. The molecule has 1 unspecified atom stereocenters. The number of fused-ring (bicyclic) bond motifs is 1. The van der Waals surface area contributed by atoms with Crippen molar-refractivity contribution in [1.82, 2.24) is 15.2 Å². The van der Waals surface area contributed by atoms with Gasteiger partial charge in [-0.05, 0) is 0 Å². The Balaban J connectivity index is 1.78. The van der Waals surface area contributed by atoms with Gasteiger partial charge < -0.3 is 31.0 Å². The van der Waals surface area contributed by atoms with Gasteiger partial charge in [-0.3, -0.25) is 24.7 Å². The Morgan fingerprint density at radius 1 is 1.34 bits per heavy atom. The number of carboxylic acid groups (broad SMARTS) is 1. The second-order valence-corrected chi connectivity index (χ2v) is 10.2. The smallest absolute Gasteiger partial charge is 0.352 e. The summed E-state index contributed by atoms with van der Waals surface area (Å²) in [6.45, 7) is 1.97. The first-order chi connectivity index (χ1) is 17.9. The number of anilines is 1. The van der Waals surface area contributed by atoms with Gasteiger partial charge in [0.25, 0.3) is 11.8 Å². The molecule has 3 heterocycles. The average molecular weight is 584 g/mol. The van der Waals surface area contributed by atoms with E-state index in [4.69, 9.17) is 28.1 Å². The van der Waals surface area contributed by atoms with Crippen LogP contribution in [0.3, 0.4) is 0 Å². The van der Waals surface area contributed by atoms with Gasteiger partial charge in [0.15, 0.2) is 10.8 Å². The van der Waals surface area contributed by atoms with Gasteiger partial charge in [-0.15, -0.1) is 23.1 Å². The highest BCUT2D eigenvalue weighted by Gasteiger charge is 2.54. The molecule has 2 aliphatic rings. The number of carbonyl (C=O) groups is 5. The number of nitrogens with one attached hydrogen (secondary N) is 3. The van der Waals surface area contributed by atoms with Crippen molar-refractivity contribution in [2.75, 3.05) is 17.7 Å². The summed E-state index contributed by atoms with van der Waals surface area (Å²) in [5.41, 5.74) is 4.84. The number of aliphatic carboxylic acids is 1. The molecule has 202 valence electrons. The molecule has 0 spiro atoms. The lowest BCUT2D eigenvalue weighted by atomic mass is 10.0. The van der Waals surface area contributed by atoms with Crippen molar-refractivity contribution in [1.29, 1.82) is 5.41 Å². The Morgan fingerprint density at radius 3 is 2.66 bits per heavy atom. The molecule has 18 heteroatoms. The number of oxime groups is 1. The number of carboxylic acids is 1. The molecule has 0 saturated carbocycles. The molecule has 2 amide bonds. The molecular weight excluding hydrogens is 562 g/mol. The average Bonchev–Trinajstić information content (AvgIpc) is 3.27. The molecule has 2 aliphatic heterocycles. The monoisotopic (exact) mass is 583 g/mol. The molecule has 0 radical (unpaired) electrons. The summed E-state index contributed by atoms with van der Waals surface area (Å²) >= 11 is 7.30. The van der Waals surface area contributed by atoms with Gasteiger partial charge in [-0.1, -0.05) is 17.4 Å². The molecule has 1 saturated heterocycles. The lowest BCUT2D eigenvalue weighted by Crippen LogP contribution is -2.71. The number of carbonyl (C=O) groups excluding carboxylic acids is 4. The summed E-state index contributed by atoms with van der Waals surface area (Å²) in [5, 5.41) is 26.7. The molecule has 0 aliphatic carbocycles. The molecule has 15 nitrogen and oxygen atoms in total. The number of hydrogen-bond acceptors (Lipinski definition) is 13. The number of aromatic nitrogens is 1. The molecular formula is C20H21N7O8S3. The number of thioether (sulfide) groups is 1. The predicted molar refractivity (Wildman–Crippen MR) is 139 cm³/mol. The number of rotatable bonds is 10. The van der Waals surface area contributed by atoms with E-state index in [0.717, 1.165) is 23.2 Å². The lowest BCUT2D eigenvalue weighted by molar-refractivity contribution is -0.150. The number of ether oxygens (including phenoxy) is 1. The molecule has 6 N–H and O–H groups in total. The van der Waals surface area contributed by atoms with Crippen molar-refractivity contribution < 1.29 is 38.7 Å². The minimum atomic E-state index is -1.38. The van der Waals surface area contributed by atoms with E-state index in [-0.39, 0.29) is 51.7 Å². The maximum absolute atomic E-state index is 13.1. The van der Waals surface area contributed by atoms with Crippen molar-refractivity contribution in [3.05, 3.63) is 22.3 Å². The van der Waals surface area contributed by atoms with E-state index in [9.17, 15) is 29.1 Å². The third-order valence-electron chi connectivity index (χ3n) is 4.81. The largest absolute Gasteiger partial charge is 0.477 e. The number of nitrogens with two attached hydrogens (primary N) is 1. The maximum atomic E-state index is 13.1. The summed E-state index contributed by atoms with van der Waals surface area (Å²) < 4.78 is 4.89. The first-order valence-electron chi connectivity index (χ1n) is 10.6. The third-order valence-corrected chi connectivity index (χ3v) is 7.15. The van der Waals surface area contributed by atoms with Crippen LogP contribution in [0.5, 0.6) is 0 Å². The Bertz CT molecular complexity index is 1290. The van der Waals surface area contributed by atoms with Crippen LogP contribution >= 0.6 is 35.3 Å². The van der Waals surface area contributed by atoms with Crippen molar-refractivity contribution in [3.63, 3.8) is 0 Å². The third kappa shape index (κ3) is 6.69. The maximum Gasteiger partial charge on any atom is 0.352 e. The van der Waals surface area contributed by atoms with Gasteiger partial charge >= 0.3 is 17.9 Å². The molecule has 1 aromatic heterocycles. The zero-order chi connectivity index (χ0) is 28.1. The first kappa shape index (κ1) is 28.7. The van der Waals surface area contributed by atoms with E-state index in [2.05, 4.69) is 25.6 Å². The molecule has 1 fully saturated rings. The standard InChI is InChI=1S/C20H21N7O8S3/c1-7(28)34-4-9-5-37-18-14(17(31)27(18)15(9)19(32)33)25-16(30)13(26-35-8(2)29)10-6-38-20(23-10)24-12(36)3-11(21)22/h6,14,18H,3-5H2,1-2H3,(H3,21,22)(H,25,30)(H,32,33)(H,23,24,36)/t14?,18-/m0/s1. The van der Waals surface area contributed by atoms with Crippen LogP contribution in [-0.4, -0.2) is 85.0 Å². The van der Waals surface area contributed by atoms with Crippen LogP contribution in [0.25, 0.3) is 0 Å². The number of nitrogens with zero attached hydrogens (tertiary/aromatic N) is 3. The SMILES string of the molecule is CC(=O)OCC1=C(C(=O)O)N2C(=O)C(NC(=O)C(=NOC(C)=O)c3csc(NC(=S)CC(=N)N)n3)[C@@H]2SC1. The summed E-state index contributed by atoms with van der Waals surface area (Å²) in [6, 6.07) is -1.11. The van der Waals surface area contributed by atoms with Crippen molar-refractivity contribution in [3.8, 4) is 0 Å². The highest BCUT2D eigenvalue weighted by atomic mass is 32.2. The summed E-state index contributed by atoms with van der Waals surface area (Å²) in [5.74, 6) is -4.40. The number of β-lactam (4-membered cyclic amide) rings is 1. The molecule has 0 bridgehead atoms. The fraction of sp³-hybridized carbons (Fsp3) is 0.350. The van der Waals surface area contributed by atoms with Gasteiger partial charge in [0.1, 0.15) is 29.4 Å². The number of hydrogen-bond donors (Lipinski definition) is 5. The first-order valence-corrected chi connectivity index (χ1v) is 12.9. The van der Waals surface area contributed by atoms with Gasteiger partial charge in [0.2, 0.25) is 0 Å². The van der Waals surface area contributed by atoms with Crippen LogP contribution in [0.1, 0.15) is 26.0 Å². The van der Waals surface area contributed by atoms with Crippen molar-refractivity contribution in [2.24, 2.45) is 10.9 Å². The normalized spacial score (nSPS) is 18.6. The van der Waals surface area contributed by atoms with Gasteiger partial charge in [-0.2, -0.15) is 0 Å². The van der Waals surface area contributed by atoms with E-state index in [1.807, 2.05) is 0 Å². The Hall–Kier alpha value is -3.90. The molecule has 2 atom stereocenters. The summed E-state index contributed by atoms with van der Waals surface area (Å²) in [7, 11) is 0. The zero-order valence-electron chi connectivity index (χ0n) is 19.8. The Labute approximate surface area is 228 Å². The van der Waals surface area contributed by atoms with E-state index in [0.29, 0.717) is 0 Å². The number of amidine groups is 1. The lowest BCUT2D eigenvalue weighted by Gasteiger charge is -2.49. The number of amides is 2. The topological polar surface area (TPSA) is 226 Å². The Kier molecular flexibility index (Phi) is 9.13. The van der Waals surface area contributed by atoms with Crippen LogP contribution < -0.4 is 16.4 Å². The van der Waals surface area contributed by atoms with Crippen LogP contribution in [0.4, 0.5) is 5.13 Å². The second-order valence-electron chi connectivity index (χ2n) is 7.71. The Morgan fingerprint density at radius 2 is 2.05 bits per heavy atom. The highest BCUT2D eigenvalue weighted by Crippen LogP contribution is 2.40. The van der Waals surface area contributed by atoms with Crippen LogP contribution in [0, 0.1) is 5.41 Å². The highest BCUT2D eigenvalue weighted by molar-refractivity contribution is 8.00. The van der Waals surface area contributed by atoms with Gasteiger partial charge in [-0.25, -0.2) is 14.6 Å². The molecule has 1 aromatic rings. The van der Waals surface area contributed by atoms with Gasteiger partial charge in [0.05, 0.1) is 17.2 Å². The van der Waals surface area contributed by atoms with Crippen molar-refractivity contribution >= 4 is 86.7 Å². The summed E-state index contributed by atoms with van der Waals surface area (Å²) in [4.78, 5) is 70.3. The van der Waals surface area contributed by atoms with Gasteiger partial charge in [0, 0.05) is 30.6 Å². The molecule has 0 aromatic carbocycles. The van der Waals surface area contributed by atoms with Crippen LogP contribution in [-0.2, 0) is 33.5 Å². The molecule has 3 rings (SSSR count). The number of thiocarbonyl (C=S) groups is 1. The predicted octanol–water partition coefficient (Wildman–Crippen LogP) is -0.223. The zero-order valence-corrected chi connectivity index (χ0v) is 22.3. The van der Waals surface area contributed by atoms with E-state index >= 15 is 0 Å². The fourth-order valence-corrected chi connectivity index (χ4v) is 5.65. The van der Waals surface area contributed by atoms with E-state index in [1.165, 1.54) is 24.1 Å². The van der Waals surface area contributed by atoms with Crippen LogP contribution in [0.15, 0.2) is 21.8 Å². The van der Waals surface area contributed by atoms with Crippen molar-refractivity contribution in [2.45, 2.75) is 31.7 Å². The minimum absolute atomic E-state index is 0.00316. The minimum Gasteiger partial charge on any atom is -0.477 e. The van der Waals surface area contributed by atoms with E-state index in [1.54, 1.807) is 0 Å². The fourth-order valence-electron chi connectivity index (χ4n) is 3.28. The van der Waals surface area contributed by atoms with Crippen LogP contribution in [0.2, 0.25) is 0 Å². The summed E-state index contributed by atoms with van der Waals surface area (Å²) in [6.07, 6.45) is -0.00611. The van der Waals surface area contributed by atoms with E-state index < -0.39 is 46.8 Å². The quantitative estimate of drug-likeness (QED) is 0.0457. The number of thiazole rings is 1. The number of esters is 1. The second kappa shape index (κ2) is 12.1.